The standard InChI is InChI=1S/C19H18FNO7S/c20-10-3-1-4-11(7-10)29(25,26)21-18-13(22)8-15-17(18)12-5-2-6-14(19(12)28-15)27-9-16(23)24/h1-7,13,15,17-18,21-22H,8-9H2,(H,23,24). The van der Waals surface area contributed by atoms with E-state index in [0.717, 1.165) is 12.1 Å². The van der Waals surface area contributed by atoms with Gasteiger partial charge in [0.2, 0.25) is 10.0 Å². The number of sulfonamides is 1. The van der Waals surface area contributed by atoms with Crippen molar-refractivity contribution in [3.63, 3.8) is 0 Å². The molecule has 0 radical (unpaired) electrons. The Hall–Kier alpha value is -2.69. The molecular formula is C19H18FNO7S. The van der Waals surface area contributed by atoms with Crippen molar-refractivity contribution in [1.29, 1.82) is 0 Å². The van der Waals surface area contributed by atoms with Crippen LogP contribution in [0.4, 0.5) is 4.39 Å². The number of aliphatic hydroxyl groups is 1. The third-order valence-electron chi connectivity index (χ3n) is 5.06. The lowest BCUT2D eigenvalue weighted by molar-refractivity contribution is -0.139. The Morgan fingerprint density at radius 2 is 2.03 bits per heavy atom. The fourth-order valence-corrected chi connectivity index (χ4v) is 5.20. The average Bonchev–Trinajstić information content (AvgIpc) is 3.16. The molecule has 0 aromatic heterocycles. The molecule has 1 aliphatic heterocycles. The molecule has 1 saturated carbocycles. The number of aliphatic carboxylic acids is 1. The Morgan fingerprint density at radius 1 is 1.28 bits per heavy atom. The number of benzene rings is 2. The van der Waals surface area contributed by atoms with Crippen molar-refractivity contribution in [3.05, 3.63) is 53.8 Å². The Balaban J connectivity index is 1.63. The van der Waals surface area contributed by atoms with Crippen LogP contribution in [0.3, 0.4) is 0 Å². The van der Waals surface area contributed by atoms with E-state index in [0.29, 0.717) is 11.3 Å². The Kier molecular flexibility index (Phi) is 4.93. The summed E-state index contributed by atoms with van der Waals surface area (Å²) in [6, 6.07) is 8.62. The molecule has 4 unspecified atom stereocenters. The molecule has 29 heavy (non-hydrogen) atoms. The number of fused-ring (bicyclic) bond motifs is 3. The topological polar surface area (TPSA) is 122 Å². The molecule has 1 aliphatic carbocycles. The molecule has 154 valence electrons. The van der Waals surface area contributed by atoms with E-state index < -0.39 is 52.6 Å². The Morgan fingerprint density at radius 3 is 2.76 bits per heavy atom. The highest BCUT2D eigenvalue weighted by molar-refractivity contribution is 7.89. The number of carboxylic acid groups (broad SMARTS) is 1. The number of para-hydroxylation sites is 1. The summed E-state index contributed by atoms with van der Waals surface area (Å²) in [5.74, 6) is -1.76. The predicted molar refractivity (Wildman–Crippen MR) is 97.9 cm³/mol. The van der Waals surface area contributed by atoms with Crippen molar-refractivity contribution in [2.75, 3.05) is 6.61 Å². The second-order valence-electron chi connectivity index (χ2n) is 6.95. The minimum absolute atomic E-state index is 0.175. The molecule has 2 aromatic rings. The summed E-state index contributed by atoms with van der Waals surface area (Å²) >= 11 is 0. The zero-order chi connectivity index (χ0) is 20.8. The third kappa shape index (κ3) is 3.66. The van der Waals surface area contributed by atoms with Crippen molar-refractivity contribution < 1.29 is 37.3 Å². The van der Waals surface area contributed by atoms with E-state index in [-0.39, 0.29) is 17.1 Å². The lowest BCUT2D eigenvalue weighted by atomic mass is 9.94. The maximum Gasteiger partial charge on any atom is 0.341 e. The summed E-state index contributed by atoms with van der Waals surface area (Å²) in [6.07, 6.45) is -1.34. The van der Waals surface area contributed by atoms with Crippen LogP contribution in [0.2, 0.25) is 0 Å². The monoisotopic (exact) mass is 423 g/mol. The molecule has 2 aliphatic rings. The number of halogens is 1. The molecule has 0 bridgehead atoms. The van der Waals surface area contributed by atoms with Gasteiger partial charge in [0.25, 0.3) is 0 Å². The maximum absolute atomic E-state index is 13.5. The minimum atomic E-state index is -4.09. The number of carboxylic acids is 1. The number of hydrogen-bond donors (Lipinski definition) is 3. The van der Waals surface area contributed by atoms with Gasteiger partial charge in [0.05, 0.1) is 17.0 Å². The summed E-state index contributed by atoms with van der Waals surface area (Å²) in [7, 11) is -4.09. The molecule has 10 heteroatoms. The number of carbonyl (C=O) groups is 1. The lowest BCUT2D eigenvalue weighted by Crippen LogP contribution is -2.43. The first-order valence-corrected chi connectivity index (χ1v) is 10.3. The summed E-state index contributed by atoms with van der Waals surface area (Å²) in [6.45, 7) is -0.548. The first kappa shape index (κ1) is 19.6. The van der Waals surface area contributed by atoms with Gasteiger partial charge in [0, 0.05) is 17.9 Å². The second kappa shape index (κ2) is 7.29. The van der Waals surface area contributed by atoms with E-state index in [9.17, 15) is 22.7 Å². The predicted octanol–water partition coefficient (Wildman–Crippen LogP) is 1.25. The van der Waals surface area contributed by atoms with Crippen molar-refractivity contribution in [2.24, 2.45) is 0 Å². The number of hydrogen-bond acceptors (Lipinski definition) is 6. The largest absolute Gasteiger partial charge is 0.485 e. The lowest BCUT2D eigenvalue weighted by Gasteiger charge is -2.22. The molecule has 0 spiro atoms. The number of nitrogens with one attached hydrogen (secondary N) is 1. The Bertz CT molecular complexity index is 1060. The molecule has 0 saturated heterocycles. The van der Waals surface area contributed by atoms with E-state index in [1.165, 1.54) is 12.1 Å². The third-order valence-corrected chi connectivity index (χ3v) is 6.52. The quantitative estimate of drug-likeness (QED) is 0.639. The Labute approximate surface area is 165 Å². The van der Waals surface area contributed by atoms with Crippen molar-refractivity contribution in [3.8, 4) is 11.5 Å². The SMILES string of the molecule is O=C(O)COc1cccc2c1OC1CC(O)C(NS(=O)(=O)c3cccc(F)c3)C21. The molecule has 8 nitrogen and oxygen atoms in total. The zero-order valence-corrected chi connectivity index (χ0v) is 15.8. The number of ether oxygens (including phenoxy) is 2. The molecule has 1 fully saturated rings. The van der Waals surface area contributed by atoms with Crippen LogP contribution in [-0.4, -0.2) is 49.5 Å². The van der Waals surface area contributed by atoms with Gasteiger partial charge in [-0.3, -0.25) is 0 Å². The van der Waals surface area contributed by atoms with Crippen molar-refractivity contribution in [1.82, 2.24) is 4.72 Å². The highest BCUT2D eigenvalue weighted by atomic mass is 32.2. The highest BCUT2D eigenvalue weighted by Crippen LogP contribution is 2.51. The van der Waals surface area contributed by atoms with Gasteiger partial charge in [-0.2, -0.15) is 0 Å². The summed E-state index contributed by atoms with van der Waals surface area (Å²) in [5.41, 5.74) is 0.612. The number of aliphatic hydroxyl groups excluding tert-OH is 1. The minimum Gasteiger partial charge on any atom is -0.485 e. The first-order valence-electron chi connectivity index (χ1n) is 8.86. The van der Waals surface area contributed by atoms with E-state index in [1.807, 2.05) is 0 Å². The summed E-state index contributed by atoms with van der Waals surface area (Å²) < 4.78 is 52.5. The summed E-state index contributed by atoms with van der Waals surface area (Å²) in [5, 5.41) is 19.3. The van der Waals surface area contributed by atoms with Gasteiger partial charge in [-0.15, -0.1) is 0 Å². The first-order chi connectivity index (χ1) is 13.8. The van der Waals surface area contributed by atoms with Gasteiger partial charge in [0.15, 0.2) is 18.1 Å². The molecule has 3 N–H and O–H groups in total. The molecule has 1 heterocycles. The number of rotatable bonds is 6. The molecule has 4 rings (SSSR count). The van der Waals surface area contributed by atoms with Crippen molar-refractivity contribution in [2.45, 2.75) is 35.5 Å². The normalized spacial score (nSPS) is 25.2. The van der Waals surface area contributed by atoms with E-state index >= 15 is 0 Å². The van der Waals surface area contributed by atoms with Crippen LogP contribution in [0.1, 0.15) is 17.9 Å². The highest BCUT2D eigenvalue weighted by Gasteiger charge is 2.51. The van der Waals surface area contributed by atoms with Crippen molar-refractivity contribution >= 4 is 16.0 Å². The molecule has 4 atom stereocenters. The van der Waals surface area contributed by atoms with Gasteiger partial charge in [-0.05, 0) is 24.3 Å². The van der Waals surface area contributed by atoms with E-state index in [4.69, 9.17) is 14.6 Å². The maximum atomic E-state index is 13.5. The van der Waals surface area contributed by atoms with Crippen LogP contribution in [0.15, 0.2) is 47.4 Å². The molecule has 2 aromatic carbocycles. The second-order valence-corrected chi connectivity index (χ2v) is 8.66. The van der Waals surface area contributed by atoms with Gasteiger partial charge < -0.3 is 19.7 Å². The smallest absolute Gasteiger partial charge is 0.341 e. The fourth-order valence-electron chi connectivity index (χ4n) is 3.88. The average molecular weight is 423 g/mol. The zero-order valence-electron chi connectivity index (χ0n) is 15.0. The molecular weight excluding hydrogens is 405 g/mol. The van der Waals surface area contributed by atoms with Crippen LogP contribution < -0.4 is 14.2 Å². The van der Waals surface area contributed by atoms with Gasteiger partial charge in [-0.1, -0.05) is 18.2 Å². The van der Waals surface area contributed by atoms with Gasteiger partial charge in [-0.25, -0.2) is 22.3 Å². The van der Waals surface area contributed by atoms with E-state index in [1.54, 1.807) is 18.2 Å². The van der Waals surface area contributed by atoms with Crippen LogP contribution in [0, 0.1) is 5.82 Å². The van der Waals surface area contributed by atoms with Crippen LogP contribution >= 0.6 is 0 Å². The van der Waals surface area contributed by atoms with Crippen LogP contribution in [-0.2, 0) is 14.8 Å². The van der Waals surface area contributed by atoms with Crippen LogP contribution in [0.5, 0.6) is 11.5 Å². The van der Waals surface area contributed by atoms with E-state index in [2.05, 4.69) is 4.72 Å². The summed E-state index contributed by atoms with van der Waals surface area (Å²) in [4.78, 5) is 10.5. The fraction of sp³-hybridized carbons (Fsp3) is 0.316. The molecule has 0 amide bonds. The van der Waals surface area contributed by atoms with Gasteiger partial charge >= 0.3 is 5.97 Å². The van der Waals surface area contributed by atoms with Gasteiger partial charge in [0.1, 0.15) is 11.9 Å². The van der Waals surface area contributed by atoms with Crippen LogP contribution in [0.25, 0.3) is 0 Å².